The third-order valence-electron chi connectivity index (χ3n) is 11.3. The molecule has 0 aromatic carbocycles. The number of unbranched alkanes of at least 4 members (excludes halogenated alkanes) is 10. The van der Waals surface area contributed by atoms with Crippen molar-refractivity contribution in [2.75, 3.05) is 19.8 Å². The van der Waals surface area contributed by atoms with Crippen LogP contribution in [0, 0.1) is 0 Å². The molecule has 0 saturated carbocycles. The van der Waals surface area contributed by atoms with Gasteiger partial charge in [0.2, 0.25) is 5.91 Å². The highest BCUT2D eigenvalue weighted by atomic mass is 16.7. The zero-order valence-electron chi connectivity index (χ0n) is 39.2. The van der Waals surface area contributed by atoms with Crippen LogP contribution in [0.4, 0.5) is 0 Å². The number of carbonyl (C=O) groups is 1. The van der Waals surface area contributed by atoms with E-state index in [2.05, 4.69) is 92.1 Å². The number of allylic oxidation sites excluding steroid dienone is 13. The van der Waals surface area contributed by atoms with Gasteiger partial charge in [0.05, 0.1) is 32.0 Å². The molecule has 0 aromatic heterocycles. The van der Waals surface area contributed by atoms with Gasteiger partial charge in [0, 0.05) is 6.42 Å². The summed E-state index contributed by atoms with van der Waals surface area (Å²) >= 11 is 0. The van der Waals surface area contributed by atoms with Crippen LogP contribution in [0.15, 0.2) is 85.1 Å². The Bertz CT molecular complexity index is 1410. The summed E-state index contributed by atoms with van der Waals surface area (Å²) in [6, 6.07) is -0.920. The Kier molecular flexibility index (Phi) is 33.4. The number of hydrogen-bond donors (Lipinski definition) is 9. The van der Waals surface area contributed by atoms with Gasteiger partial charge in [-0.05, 0) is 64.2 Å². The Morgan fingerprint density at radius 1 is 0.569 bits per heavy atom. The fourth-order valence-corrected chi connectivity index (χ4v) is 7.34. The van der Waals surface area contributed by atoms with Crippen LogP contribution >= 0.6 is 0 Å². The molecule has 14 heteroatoms. The number of nitrogens with one attached hydrogen (secondary N) is 1. The van der Waals surface area contributed by atoms with Crippen molar-refractivity contribution in [2.24, 2.45) is 0 Å². The van der Waals surface area contributed by atoms with Gasteiger partial charge in [0.1, 0.15) is 48.8 Å². The normalized spacial score (nSPS) is 27.8. The summed E-state index contributed by atoms with van der Waals surface area (Å²) in [4.78, 5) is 13.0. The highest BCUT2D eigenvalue weighted by Crippen LogP contribution is 2.30. The lowest BCUT2D eigenvalue weighted by atomic mass is 9.97. The number of aliphatic hydroxyl groups is 8. The van der Waals surface area contributed by atoms with Gasteiger partial charge in [-0.1, -0.05) is 150 Å². The summed E-state index contributed by atoms with van der Waals surface area (Å²) in [6.45, 7) is 2.46. The predicted octanol–water partition coefficient (Wildman–Crippen LogP) is 5.82. The molecular weight excluding hydrogens is 835 g/mol. The van der Waals surface area contributed by atoms with Crippen LogP contribution in [0.3, 0.4) is 0 Å². The fraction of sp³-hybridized carbons (Fsp3) is 0.706. The molecule has 2 aliphatic rings. The number of hydrogen-bond acceptors (Lipinski definition) is 13. The summed E-state index contributed by atoms with van der Waals surface area (Å²) in [6.07, 6.45) is 31.4. The maximum Gasteiger partial charge on any atom is 0.220 e. The van der Waals surface area contributed by atoms with E-state index >= 15 is 0 Å². The highest BCUT2D eigenvalue weighted by Gasteiger charge is 2.51. The average Bonchev–Trinajstić information content (AvgIpc) is 3.30. The smallest absolute Gasteiger partial charge is 0.220 e. The fourth-order valence-electron chi connectivity index (χ4n) is 7.34. The van der Waals surface area contributed by atoms with Crippen LogP contribution in [0.25, 0.3) is 0 Å². The van der Waals surface area contributed by atoms with E-state index in [1.165, 1.54) is 19.3 Å². The second kappa shape index (κ2) is 37.2. The van der Waals surface area contributed by atoms with Crippen molar-refractivity contribution >= 4 is 5.91 Å². The molecule has 2 fully saturated rings. The quantitative estimate of drug-likeness (QED) is 0.0270. The maximum absolute atomic E-state index is 13.0. The highest BCUT2D eigenvalue weighted by molar-refractivity contribution is 5.76. The number of aliphatic hydroxyl groups excluding tert-OH is 8. The van der Waals surface area contributed by atoms with Crippen molar-refractivity contribution in [3.63, 3.8) is 0 Å². The maximum atomic E-state index is 13.0. The summed E-state index contributed by atoms with van der Waals surface area (Å²) in [5.41, 5.74) is 0. The molecule has 372 valence electrons. The van der Waals surface area contributed by atoms with Crippen LogP contribution in [0.2, 0.25) is 0 Å². The lowest BCUT2D eigenvalue weighted by Crippen LogP contribution is -2.65. The van der Waals surface area contributed by atoms with Crippen LogP contribution in [0.1, 0.15) is 136 Å². The summed E-state index contributed by atoms with van der Waals surface area (Å²) in [5, 5.41) is 86.0. The molecule has 12 atom stereocenters. The van der Waals surface area contributed by atoms with Crippen LogP contribution in [-0.4, -0.2) is 140 Å². The molecule has 14 nitrogen and oxygen atoms in total. The van der Waals surface area contributed by atoms with E-state index in [0.717, 1.165) is 89.9 Å². The molecule has 0 bridgehead atoms. The van der Waals surface area contributed by atoms with Gasteiger partial charge in [0.15, 0.2) is 12.6 Å². The topological polar surface area (TPSA) is 228 Å². The second-order valence-corrected chi connectivity index (χ2v) is 16.9. The molecule has 0 radical (unpaired) electrons. The molecule has 0 spiro atoms. The van der Waals surface area contributed by atoms with E-state index in [1.807, 2.05) is 6.08 Å². The first-order chi connectivity index (χ1) is 31.6. The molecule has 12 unspecified atom stereocenters. The third kappa shape index (κ3) is 24.7. The van der Waals surface area contributed by atoms with Crippen molar-refractivity contribution in [1.29, 1.82) is 0 Å². The minimum atomic E-state index is -1.79. The summed E-state index contributed by atoms with van der Waals surface area (Å²) in [5.74, 6) is -0.264. The Balaban J connectivity index is 1.66. The second-order valence-electron chi connectivity index (χ2n) is 16.9. The molecule has 0 aliphatic carbocycles. The van der Waals surface area contributed by atoms with Crippen LogP contribution in [-0.2, 0) is 23.7 Å². The number of amides is 1. The molecule has 65 heavy (non-hydrogen) atoms. The third-order valence-corrected chi connectivity index (χ3v) is 11.3. The van der Waals surface area contributed by atoms with E-state index in [1.54, 1.807) is 6.08 Å². The Labute approximate surface area is 389 Å². The van der Waals surface area contributed by atoms with Gasteiger partial charge in [-0.15, -0.1) is 0 Å². The van der Waals surface area contributed by atoms with E-state index in [-0.39, 0.29) is 18.9 Å². The van der Waals surface area contributed by atoms with E-state index in [0.29, 0.717) is 6.42 Å². The first-order valence-electron chi connectivity index (χ1n) is 24.3. The molecule has 1 amide bonds. The average molecular weight is 920 g/mol. The molecule has 2 aliphatic heterocycles. The summed E-state index contributed by atoms with van der Waals surface area (Å²) in [7, 11) is 0. The molecular formula is C51H85NO13. The van der Waals surface area contributed by atoms with Gasteiger partial charge >= 0.3 is 0 Å². The van der Waals surface area contributed by atoms with Crippen molar-refractivity contribution in [2.45, 2.75) is 209 Å². The number of ether oxygens (including phenoxy) is 4. The van der Waals surface area contributed by atoms with Gasteiger partial charge < -0.3 is 65.1 Å². The van der Waals surface area contributed by atoms with Crippen molar-refractivity contribution < 1.29 is 64.6 Å². The summed E-state index contributed by atoms with van der Waals surface area (Å²) < 4.78 is 22.5. The first-order valence-corrected chi connectivity index (χ1v) is 24.3. The standard InChI is InChI=1S/C51H85NO13/c1-3-5-7-9-10-11-12-13-14-15-16-17-18-19-20-21-22-23-24-25-26-27-28-29-30-31-33-35-43(56)52-39(40(55)34-32-8-6-4-2)38-62-50-48(61)46(59)49(42(37-54)64-50)65-51-47(60)45(58)44(57)41(36-53)63-51/h5,7,10-11,13-14,16-17,19-20,22-23,32,34,39-42,44-51,53-55,57-61H,3-4,6,8-9,12,15,18,21,24-31,33,35-38H2,1-2H3,(H,52,56)/b7-5-,11-10-,14-13-,17-16-,20-19-,23-22-,34-32+. The van der Waals surface area contributed by atoms with E-state index in [9.17, 15) is 45.6 Å². The first kappa shape index (κ1) is 58.3. The van der Waals surface area contributed by atoms with Gasteiger partial charge in [-0.3, -0.25) is 4.79 Å². The molecule has 0 aromatic rings. The minimum absolute atomic E-state index is 0.263. The van der Waals surface area contributed by atoms with Gasteiger partial charge in [0.25, 0.3) is 0 Å². The predicted molar refractivity (Wildman–Crippen MR) is 253 cm³/mol. The minimum Gasteiger partial charge on any atom is -0.394 e. The monoisotopic (exact) mass is 920 g/mol. The van der Waals surface area contributed by atoms with E-state index in [4.69, 9.17) is 18.9 Å². The number of carbonyl (C=O) groups excluding carboxylic acids is 1. The zero-order valence-corrected chi connectivity index (χ0v) is 39.2. The molecule has 2 rings (SSSR count). The van der Waals surface area contributed by atoms with Gasteiger partial charge in [-0.25, -0.2) is 0 Å². The van der Waals surface area contributed by atoms with Crippen LogP contribution in [0.5, 0.6) is 0 Å². The lowest BCUT2D eigenvalue weighted by molar-refractivity contribution is -0.359. The Morgan fingerprint density at radius 3 is 1.62 bits per heavy atom. The van der Waals surface area contributed by atoms with Gasteiger partial charge in [-0.2, -0.15) is 0 Å². The van der Waals surface area contributed by atoms with Crippen LogP contribution < -0.4 is 5.32 Å². The lowest BCUT2D eigenvalue weighted by Gasteiger charge is -2.46. The van der Waals surface area contributed by atoms with Crippen molar-refractivity contribution in [3.8, 4) is 0 Å². The number of rotatable bonds is 35. The SMILES string of the molecule is CC/C=C\C/C=C\C/C=C\C/C=C\C/C=C\C/C=C\CCCCCCCCCCC(=O)NC(COC1OC(CO)C(OC2OC(CO)C(O)C(O)C2O)C(O)C1O)C(O)/C=C/CCCC. The van der Waals surface area contributed by atoms with E-state index < -0.39 is 86.8 Å². The van der Waals surface area contributed by atoms with Crippen molar-refractivity contribution in [1.82, 2.24) is 5.32 Å². The zero-order chi connectivity index (χ0) is 47.5. The Hall–Kier alpha value is -2.83. The molecule has 9 N–H and O–H groups in total. The largest absolute Gasteiger partial charge is 0.394 e. The molecule has 2 saturated heterocycles. The van der Waals surface area contributed by atoms with Crippen molar-refractivity contribution in [3.05, 3.63) is 85.1 Å². The molecule has 2 heterocycles. The Morgan fingerprint density at radius 2 is 1.06 bits per heavy atom.